The maximum absolute atomic E-state index is 3.78. The molecule has 0 radical (unpaired) electrons. The zero-order valence-corrected chi connectivity index (χ0v) is 14.6. The first-order valence-electron chi connectivity index (χ1n) is 7.82. The van der Waals surface area contributed by atoms with Crippen LogP contribution in [0.25, 0.3) is 0 Å². The summed E-state index contributed by atoms with van der Waals surface area (Å²) in [4.78, 5) is 3.78. The number of pyridine rings is 1. The maximum atomic E-state index is 3.78. The van der Waals surface area contributed by atoms with Crippen LogP contribution in [0.1, 0.15) is 71.1 Å². The average Bonchev–Trinajstić information content (AvgIpc) is 2.48. The highest BCUT2D eigenvalue weighted by molar-refractivity contribution is 14.1. The largest absolute Gasteiger partial charge is 0.265 e. The Morgan fingerprint density at radius 3 is 1.47 bits per heavy atom. The van der Waals surface area contributed by atoms with Crippen molar-refractivity contribution in [1.29, 1.82) is 0 Å². The highest BCUT2D eigenvalue weighted by Crippen LogP contribution is 2.10. The van der Waals surface area contributed by atoms with Gasteiger partial charge in [-0.15, -0.1) is 0 Å². The molecule has 0 amide bonds. The van der Waals surface area contributed by atoms with Crippen molar-refractivity contribution in [2.75, 3.05) is 4.43 Å². The van der Waals surface area contributed by atoms with Gasteiger partial charge in [0.2, 0.25) is 0 Å². The third-order valence-corrected chi connectivity index (χ3v) is 3.82. The summed E-state index contributed by atoms with van der Waals surface area (Å²) in [5.74, 6) is 0. The number of alkyl halides is 1. The summed E-state index contributed by atoms with van der Waals surface area (Å²) in [6, 6.07) is 5.72. The lowest BCUT2D eigenvalue weighted by Crippen LogP contribution is -1.81. The van der Waals surface area contributed by atoms with Crippen LogP contribution in [-0.2, 0) is 0 Å². The maximum Gasteiger partial charge on any atom is 0.0267 e. The van der Waals surface area contributed by atoms with Gasteiger partial charge in [0.05, 0.1) is 0 Å². The van der Waals surface area contributed by atoms with Gasteiger partial charge in [-0.25, -0.2) is 0 Å². The van der Waals surface area contributed by atoms with Crippen LogP contribution in [0.5, 0.6) is 0 Å². The molecule has 110 valence electrons. The Hall–Kier alpha value is -0.120. The lowest BCUT2D eigenvalue weighted by Gasteiger charge is -2.00. The minimum Gasteiger partial charge on any atom is -0.265 e. The smallest absolute Gasteiger partial charge is 0.0267 e. The summed E-state index contributed by atoms with van der Waals surface area (Å²) in [6.45, 7) is 2.28. The Morgan fingerprint density at radius 2 is 1.16 bits per heavy atom. The van der Waals surface area contributed by atoms with Crippen LogP contribution in [0.15, 0.2) is 30.6 Å². The molecule has 0 aliphatic rings. The zero-order valence-electron chi connectivity index (χ0n) is 12.5. The van der Waals surface area contributed by atoms with Crippen LogP contribution in [0.4, 0.5) is 0 Å². The fourth-order valence-electron chi connectivity index (χ4n) is 1.89. The summed E-state index contributed by atoms with van der Waals surface area (Å²) >= 11 is 2.47. The second kappa shape index (κ2) is 17.9. The zero-order chi connectivity index (χ0) is 14.0. The molecule has 0 fully saturated rings. The molecular weight excluding hydrogens is 345 g/mol. The molecule has 19 heavy (non-hydrogen) atoms. The van der Waals surface area contributed by atoms with Gasteiger partial charge in [-0.2, -0.15) is 0 Å². The van der Waals surface area contributed by atoms with Crippen molar-refractivity contribution >= 4 is 22.6 Å². The molecule has 1 nitrogen and oxygen atoms in total. The van der Waals surface area contributed by atoms with Crippen LogP contribution >= 0.6 is 22.6 Å². The fraction of sp³-hybridized carbons (Fsp3) is 0.706. The summed E-state index contributed by atoms with van der Waals surface area (Å²) in [7, 11) is 0. The quantitative estimate of drug-likeness (QED) is 0.261. The predicted molar refractivity (Wildman–Crippen MR) is 95.0 cm³/mol. The van der Waals surface area contributed by atoms with Gasteiger partial charge < -0.3 is 0 Å². The molecule has 0 unspecified atom stereocenters. The summed E-state index contributed by atoms with van der Waals surface area (Å²) in [6.07, 6.45) is 18.0. The third-order valence-electron chi connectivity index (χ3n) is 3.05. The Kier molecular flexibility index (Phi) is 17.8. The van der Waals surface area contributed by atoms with Gasteiger partial charge in [0.25, 0.3) is 0 Å². The van der Waals surface area contributed by atoms with Crippen molar-refractivity contribution in [3.63, 3.8) is 0 Å². The van der Waals surface area contributed by atoms with Crippen LogP contribution in [0, 0.1) is 0 Å². The number of hydrogen-bond acceptors (Lipinski definition) is 1. The van der Waals surface area contributed by atoms with Crippen LogP contribution < -0.4 is 0 Å². The SMILES string of the molecule is CCCCCCCCCCCCI.c1ccncc1. The minimum atomic E-state index is 1.34. The first kappa shape index (κ1) is 18.9. The van der Waals surface area contributed by atoms with Crippen molar-refractivity contribution in [2.24, 2.45) is 0 Å². The number of hydrogen-bond donors (Lipinski definition) is 0. The molecule has 0 bridgehead atoms. The van der Waals surface area contributed by atoms with Crippen molar-refractivity contribution in [2.45, 2.75) is 71.1 Å². The molecule has 1 rings (SSSR count). The summed E-state index contributed by atoms with van der Waals surface area (Å²) < 4.78 is 1.34. The molecule has 0 saturated carbocycles. The minimum absolute atomic E-state index is 1.34. The predicted octanol–water partition coefficient (Wildman–Crippen LogP) is 6.42. The number of unbranched alkanes of at least 4 members (excludes halogenated alkanes) is 9. The highest BCUT2D eigenvalue weighted by Gasteiger charge is 1.91. The standard InChI is InChI=1S/C12H25I.C5H5N/c1-2-3-4-5-6-7-8-9-10-11-12-13;1-2-4-6-5-3-1/h2-12H2,1H3;1-5H. The van der Waals surface area contributed by atoms with E-state index in [9.17, 15) is 0 Å². The molecule has 0 aromatic carbocycles. The van der Waals surface area contributed by atoms with Crippen LogP contribution in [0.2, 0.25) is 0 Å². The van der Waals surface area contributed by atoms with Crippen LogP contribution in [0.3, 0.4) is 0 Å². The molecule has 0 atom stereocenters. The van der Waals surface area contributed by atoms with Gasteiger partial charge in [0, 0.05) is 12.4 Å². The molecule has 0 spiro atoms. The van der Waals surface area contributed by atoms with E-state index in [1.807, 2.05) is 18.2 Å². The van der Waals surface area contributed by atoms with E-state index in [0.717, 1.165) is 0 Å². The second-order valence-corrected chi connectivity index (χ2v) is 5.97. The average molecular weight is 375 g/mol. The van der Waals surface area contributed by atoms with E-state index in [-0.39, 0.29) is 0 Å². The normalized spacial score (nSPS) is 9.79. The van der Waals surface area contributed by atoms with E-state index in [2.05, 4.69) is 34.5 Å². The first-order chi connectivity index (χ1) is 9.41. The molecular formula is C17H30IN. The van der Waals surface area contributed by atoms with E-state index in [0.29, 0.717) is 0 Å². The summed E-state index contributed by atoms with van der Waals surface area (Å²) in [5, 5.41) is 0. The summed E-state index contributed by atoms with van der Waals surface area (Å²) in [5.41, 5.74) is 0. The van der Waals surface area contributed by atoms with E-state index >= 15 is 0 Å². The van der Waals surface area contributed by atoms with Crippen molar-refractivity contribution in [3.05, 3.63) is 30.6 Å². The van der Waals surface area contributed by atoms with Crippen molar-refractivity contribution < 1.29 is 0 Å². The lowest BCUT2D eigenvalue weighted by atomic mass is 10.1. The van der Waals surface area contributed by atoms with Gasteiger partial charge in [0.1, 0.15) is 0 Å². The molecule has 0 aliphatic heterocycles. The molecule has 1 aromatic heterocycles. The van der Waals surface area contributed by atoms with Gasteiger partial charge >= 0.3 is 0 Å². The van der Waals surface area contributed by atoms with E-state index in [1.165, 1.54) is 68.6 Å². The molecule has 0 aliphatic carbocycles. The molecule has 1 aromatic rings. The molecule has 1 heterocycles. The van der Waals surface area contributed by atoms with Gasteiger partial charge in [0.15, 0.2) is 0 Å². The third kappa shape index (κ3) is 17.9. The Balaban J connectivity index is 0.000000443. The van der Waals surface area contributed by atoms with Crippen LogP contribution in [-0.4, -0.2) is 9.41 Å². The topological polar surface area (TPSA) is 12.9 Å². The van der Waals surface area contributed by atoms with Crippen molar-refractivity contribution in [1.82, 2.24) is 4.98 Å². The number of rotatable bonds is 10. The lowest BCUT2D eigenvalue weighted by molar-refractivity contribution is 0.563. The monoisotopic (exact) mass is 375 g/mol. The van der Waals surface area contributed by atoms with E-state index in [4.69, 9.17) is 0 Å². The molecule has 2 heteroatoms. The number of halogens is 1. The van der Waals surface area contributed by atoms with Gasteiger partial charge in [-0.3, -0.25) is 4.98 Å². The first-order valence-corrected chi connectivity index (χ1v) is 9.35. The van der Waals surface area contributed by atoms with Gasteiger partial charge in [-0.05, 0) is 23.0 Å². The Bertz CT molecular complexity index is 202. The Labute approximate surface area is 133 Å². The van der Waals surface area contributed by atoms with E-state index < -0.39 is 0 Å². The highest BCUT2D eigenvalue weighted by atomic mass is 127. The molecule has 0 saturated heterocycles. The van der Waals surface area contributed by atoms with E-state index in [1.54, 1.807) is 12.4 Å². The van der Waals surface area contributed by atoms with Crippen molar-refractivity contribution in [3.8, 4) is 0 Å². The number of nitrogens with zero attached hydrogens (tertiary/aromatic N) is 1. The Morgan fingerprint density at radius 1 is 0.684 bits per heavy atom. The fourth-order valence-corrected chi connectivity index (χ4v) is 2.43. The van der Waals surface area contributed by atoms with Gasteiger partial charge in [-0.1, -0.05) is 93.4 Å². The molecule has 0 N–H and O–H groups in total. The number of aromatic nitrogens is 1. The second-order valence-electron chi connectivity index (χ2n) is 4.90.